The minimum atomic E-state index is -0.964. The van der Waals surface area contributed by atoms with E-state index in [1.165, 1.54) is 13.4 Å². The van der Waals surface area contributed by atoms with Crippen molar-refractivity contribution in [3.05, 3.63) is 46.9 Å². The molecular formula is C23H25F2N5O2S. The summed E-state index contributed by atoms with van der Waals surface area (Å²) in [5.41, 5.74) is 1.20. The second-order valence-corrected chi connectivity index (χ2v) is 8.54. The van der Waals surface area contributed by atoms with Crippen LogP contribution in [0.2, 0.25) is 0 Å². The molecule has 0 atom stereocenters. The van der Waals surface area contributed by atoms with E-state index in [9.17, 15) is 8.78 Å². The molecule has 0 amide bonds. The van der Waals surface area contributed by atoms with Crippen molar-refractivity contribution in [3.8, 4) is 22.1 Å². The van der Waals surface area contributed by atoms with Gasteiger partial charge in [0.15, 0.2) is 11.6 Å². The lowest BCUT2D eigenvalue weighted by atomic mass is 10.2. The maximum Gasteiger partial charge on any atom is 0.184 e. The lowest BCUT2D eigenvalue weighted by molar-refractivity contribution is 0.340. The molecule has 0 unspecified atom stereocenters. The molecule has 0 aliphatic rings. The molecule has 174 valence electrons. The Morgan fingerprint density at radius 2 is 1.94 bits per heavy atom. The van der Waals surface area contributed by atoms with Crippen LogP contribution in [0.25, 0.3) is 21.6 Å². The molecule has 10 heteroatoms. The fraction of sp³-hybridized carbons (Fsp3) is 0.348. The molecule has 3 aromatic heterocycles. The molecule has 1 aromatic carbocycles. The highest BCUT2D eigenvalue weighted by Gasteiger charge is 2.21. The van der Waals surface area contributed by atoms with Crippen LogP contribution in [-0.4, -0.2) is 39.8 Å². The number of aryl methyl sites for hydroxylation is 2. The summed E-state index contributed by atoms with van der Waals surface area (Å²) < 4.78 is 41.3. The Bertz CT molecular complexity index is 1290. The molecule has 1 N–H and O–H groups in total. The maximum atomic E-state index is 14.7. The second-order valence-electron chi connectivity index (χ2n) is 7.28. The van der Waals surface area contributed by atoms with E-state index in [2.05, 4.69) is 20.3 Å². The van der Waals surface area contributed by atoms with Gasteiger partial charge in [0.1, 0.15) is 40.5 Å². The molecule has 4 aromatic rings. The van der Waals surface area contributed by atoms with Gasteiger partial charge in [-0.05, 0) is 13.8 Å². The SMILES string of the molecule is CCOc1cc(-c2cc(NCCn3c(CC)nc4c(OC)cc(F)c(F)c43)ncn2)sc1C. The first-order chi connectivity index (χ1) is 16.0. The molecular weight excluding hydrogens is 448 g/mol. The van der Waals surface area contributed by atoms with E-state index in [-0.39, 0.29) is 11.3 Å². The number of halogens is 2. The van der Waals surface area contributed by atoms with Gasteiger partial charge in [0.05, 0.1) is 24.3 Å². The van der Waals surface area contributed by atoms with Gasteiger partial charge in [0.25, 0.3) is 0 Å². The number of thiophene rings is 1. The second kappa shape index (κ2) is 9.70. The third kappa shape index (κ3) is 4.47. The molecule has 0 bridgehead atoms. The van der Waals surface area contributed by atoms with E-state index in [0.29, 0.717) is 43.3 Å². The summed E-state index contributed by atoms with van der Waals surface area (Å²) in [5, 5.41) is 3.24. The highest BCUT2D eigenvalue weighted by molar-refractivity contribution is 7.15. The molecule has 0 fully saturated rings. The Kier molecular flexibility index (Phi) is 6.73. The number of anilines is 1. The molecule has 0 saturated heterocycles. The number of imidazole rings is 1. The van der Waals surface area contributed by atoms with Crippen molar-refractivity contribution in [1.82, 2.24) is 19.5 Å². The van der Waals surface area contributed by atoms with E-state index in [4.69, 9.17) is 9.47 Å². The molecule has 7 nitrogen and oxygen atoms in total. The van der Waals surface area contributed by atoms with Gasteiger partial charge in [-0.1, -0.05) is 6.92 Å². The smallest absolute Gasteiger partial charge is 0.184 e. The topological polar surface area (TPSA) is 74.1 Å². The first-order valence-electron chi connectivity index (χ1n) is 10.7. The molecule has 3 heterocycles. The van der Waals surface area contributed by atoms with Crippen molar-refractivity contribution in [3.63, 3.8) is 0 Å². The van der Waals surface area contributed by atoms with Crippen molar-refractivity contribution in [2.45, 2.75) is 33.7 Å². The number of hydrogen-bond donors (Lipinski definition) is 1. The number of fused-ring (bicyclic) bond motifs is 1. The first kappa shape index (κ1) is 22.9. The van der Waals surface area contributed by atoms with E-state index in [1.807, 2.05) is 32.9 Å². The van der Waals surface area contributed by atoms with Crippen LogP contribution in [0.1, 0.15) is 24.5 Å². The number of ether oxygens (including phenoxy) is 2. The zero-order chi connectivity index (χ0) is 23.5. The van der Waals surface area contributed by atoms with E-state index in [1.54, 1.807) is 15.9 Å². The molecule has 0 saturated carbocycles. The van der Waals surface area contributed by atoms with Crippen molar-refractivity contribution < 1.29 is 18.3 Å². The first-order valence-corrected chi connectivity index (χ1v) is 11.5. The summed E-state index contributed by atoms with van der Waals surface area (Å²) in [7, 11) is 1.41. The van der Waals surface area contributed by atoms with Gasteiger partial charge in [0.2, 0.25) is 0 Å². The van der Waals surface area contributed by atoms with Crippen LogP contribution >= 0.6 is 11.3 Å². The fourth-order valence-electron chi connectivity index (χ4n) is 3.69. The molecule has 0 spiro atoms. The van der Waals surface area contributed by atoms with Gasteiger partial charge in [-0.25, -0.2) is 23.7 Å². The van der Waals surface area contributed by atoms with Gasteiger partial charge in [-0.15, -0.1) is 11.3 Å². The average molecular weight is 474 g/mol. The summed E-state index contributed by atoms with van der Waals surface area (Å²) in [6.45, 7) is 7.29. The number of hydrogen-bond acceptors (Lipinski definition) is 7. The number of benzene rings is 1. The van der Waals surface area contributed by atoms with Crippen LogP contribution in [0, 0.1) is 18.6 Å². The number of methoxy groups -OCH3 is 1. The largest absolute Gasteiger partial charge is 0.494 e. The molecule has 4 rings (SSSR count). The normalized spacial score (nSPS) is 11.2. The summed E-state index contributed by atoms with van der Waals surface area (Å²) in [4.78, 5) is 15.2. The third-order valence-electron chi connectivity index (χ3n) is 5.22. The Hall–Kier alpha value is -3.27. The van der Waals surface area contributed by atoms with Gasteiger partial charge < -0.3 is 19.4 Å². The van der Waals surface area contributed by atoms with Crippen LogP contribution in [0.15, 0.2) is 24.5 Å². The van der Waals surface area contributed by atoms with Crippen molar-refractivity contribution in [2.24, 2.45) is 0 Å². The maximum absolute atomic E-state index is 14.7. The van der Waals surface area contributed by atoms with E-state index >= 15 is 0 Å². The zero-order valence-electron chi connectivity index (χ0n) is 18.9. The lowest BCUT2D eigenvalue weighted by Crippen LogP contribution is -2.14. The lowest BCUT2D eigenvalue weighted by Gasteiger charge is -2.11. The highest BCUT2D eigenvalue weighted by Crippen LogP contribution is 2.35. The predicted molar refractivity (Wildman–Crippen MR) is 125 cm³/mol. The summed E-state index contributed by atoms with van der Waals surface area (Å²) in [6.07, 6.45) is 2.06. The predicted octanol–water partition coefficient (Wildman–Crippen LogP) is 5.22. The van der Waals surface area contributed by atoms with Crippen LogP contribution in [0.4, 0.5) is 14.6 Å². The number of aromatic nitrogens is 4. The Balaban J connectivity index is 1.55. The quantitative estimate of drug-likeness (QED) is 0.359. The molecule has 0 aliphatic heterocycles. The fourth-order valence-corrected chi connectivity index (χ4v) is 4.63. The number of nitrogens with zero attached hydrogens (tertiary/aromatic N) is 4. The minimum absolute atomic E-state index is 0.103. The number of rotatable bonds is 9. The van der Waals surface area contributed by atoms with Crippen molar-refractivity contribution in [2.75, 3.05) is 25.6 Å². The molecule has 0 radical (unpaired) electrons. The Morgan fingerprint density at radius 1 is 1.12 bits per heavy atom. The van der Waals surface area contributed by atoms with Gasteiger partial charge in [-0.2, -0.15) is 0 Å². The number of nitrogens with one attached hydrogen (secondary N) is 1. The van der Waals surface area contributed by atoms with Crippen molar-refractivity contribution in [1.29, 1.82) is 0 Å². The van der Waals surface area contributed by atoms with Crippen LogP contribution < -0.4 is 14.8 Å². The van der Waals surface area contributed by atoms with E-state index in [0.717, 1.165) is 27.3 Å². The Morgan fingerprint density at radius 3 is 2.67 bits per heavy atom. The van der Waals surface area contributed by atoms with Crippen LogP contribution in [0.3, 0.4) is 0 Å². The third-order valence-corrected chi connectivity index (χ3v) is 6.28. The minimum Gasteiger partial charge on any atom is -0.494 e. The summed E-state index contributed by atoms with van der Waals surface area (Å²) >= 11 is 1.61. The van der Waals surface area contributed by atoms with Crippen LogP contribution in [0.5, 0.6) is 11.5 Å². The van der Waals surface area contributed by atoms with Gasteiger partial charge >= 0.3 is 0 Å². The molecule has 33 heavy (non-hydrogen) atoms. The monoisotopic (exact) mass is 473 g/mol. The summed E-state index contributed by atoms with van der Waals surface area (Å²) in [6, 6.07) is 4.86. The highest BCUT2D eigenvalue weighted by atomic mass is 32.1. The van der Waals surface area contributed by atoms with E-state index < -0.39 is 11.6 Å². The average Bonchev–Trinajstić information content (AvgIpc) is 3.37. The van der Waals surface area contributed by atoms with Crippen molar-refractivity contribution >= 4 is 28.2 Å². The molecule has 0 aliphatic carbocycles. The zero-order valence-corrected chi connectivity index (χ0v) is 19.7. The van der Waals surface area contributed by atoms with Gasteiger partial charge in [-0.3, -0.25) is 0 Å². The standard InChI is InChI=1S/C23H25F2N5O2S/c1-5-20-29-22-17(31-4)9-14(24)21(25)23(22)30(20)8-7-26-19-10-15(27-12-28-19)18-11-16(32-6-2)13(3)33-18/h9-12H,5-8H2,1-4H3,(H,26,27,28). The Labute approximate surface area is 194 Å². The van der Waals surface area contributed by atoms with Gasteiger partial charge in [0, 0.05) is 42.6 Å². The summed E-state index contributed by atoms with van der Waals surface area (Å²) in [5.74, 6) is 0.457. The van der Waals surface area contributed by atoms with Crippen LogP contribution in [-0.2, 0) is 13.0 Å².